The maximum absolute atomic E-state index is 12.9. The van der Waals surface area contributed by atoms with Gasteiger partial charge in [0, 0.05) is 12.1 Å². The van der Waals surface area contributed by atoms with Crippen molar-refractivity contribution < 1.29 is 22.8 Å². The van der Waals surface area contributed by atoms with E-state index in [4.69, 9.17) is 0 Å². The molecule has 0 aromatic rings. The zero-order valence-corrected chi connectivity index (χ0v) is 16.2. The molecular formula is C17H27N3O5S. The standard InChI is InChI=1S/C17H27N3O5S/c1-3-12(2)20(13-6-9-26(24,25)11-13)14(21)10-19-15(22)17(18-16(19)23)7-4-5-8-17/h12-13H,3-11H2,1-2H3,(H,18,23)/t12-,13-/m1/s1. The average molecular weight is 385 g/mol. The molecule has 3 fully saturated rings. The molecule has 4 amide bonds. The molecule has 146 valence electrons. The van der Waals surface area contributed by atoms with Crippen molar-refractivity contribution in [3.8, 4) is 0 Å². The minimum atomic E-state index is -3.14. The third kappa shape index (κ3) is 3.33. The predicted molar refractivity (Wildman–Crippen MR) is 95.1 cm³/mol. The monoisotopic (exact) mass is 385 g/mol. The summed E-state index contributed by atoms with van der Waals surface area (Å²) in [7, 11) is -3.14. The highest BCUT2D eigenvalue weighted by molar-refractivity contribution is 7.91. The summed E-state index contributed by atoms with van der Waals surface area (Å²) in [6.45, 7) is 3.47. The van der Waals surface area contributed by atoms with Gasteiger partial charge < -0.3 is 10.2 Å². The molecule has 0 aromatic carbocycles. The quantitative estimate of drug-likeness (QED) is 0.701. The fraction of sp³-hybridized carbons (Fsp3) is 0.824. The molecule has 1 N–H and O–H groups in total. The van der Waals surface area contributed by atoms with Crippen molar-refractivity contribution in [2.45, 2.75) is 70.0 Å². The van der Waals surface area contributed by atoms with Gasteiger partial charge in [0.05, 0.1) is 11.5 Å². The lowest BCUT2D eigenvalue weighted by molar-refractivity contribution is -0.141. The first-order chi connectivity index (χ1) is 12.2. The summed E-state index contributed by atoms with van der Waals surface area (Å²) in [5.74, 6) is -0.659. The number of rotatable bonds is 5. The lowest BCUT2D eigenvalue weighted by Crippen LogP contribution is -2.51. The van der Waals surface area contributed by atoms with Crippen LogP contribution in [0.3, 0.4) is 0 Å². The van der Waals surface area contributed by atoms with Crippen LogP contribution in [-0.4, -0.2) is 71.7 Å². The third-order valence-corrected chi connectivity index (χ3v) is 7.70. The van der Waals surface area contributed by atoms with Gasteiger partial charge in [-0.25, -0.2) is 13.2 Å². The van der Waals surface area contributed by atoms with Crippen molar-refractivity contribution in [3.05, 3.63) is 0 Å². The highest BCUT2D eigenvalue weighted by Crippen LogP contribution is 2.35. The predicted octanol–water partition coefficient (Wildman–Crippen LogP) is 0.665. The molecule has 26 heavy (non-hydrogen) atoms. The maximum atomic E-state index is 12.9. The van der Waals surface area contributed by atoms with E-state index < -0.39 is 21.4 Å². The molecule has 0 unspecified atom stereocenters. The van der Waals surface area contributed by atoms with E-state index in [1.54, 1.807) is 4.90 Å². The summed E-state index contributed by atoms with van der Waals surface area (Å²) in [6, 6.07) is -1.06. The number of amides is 4. The van der Waals surface area contributed by atoms with Crippen LogP contribution in [-0.2, 0) is 19.4 Å². The molecule has 1 spiro atoms. The van der Waals surface area contributed by atoms with Crippen LogP contribution in [0.25, 0.3) is 0 Å². The Labute approximate surface area is 154 Å². The Morgan fingerprint density at radius 3 is 2.54 bits per heavy atom. The van der Waals surface area contributed by atoms with E-state index in [1.807, 2.05) is 13.8 Å². The molecule has 8 nitrogen and oxygen atoms in total. The van der Waals surface area contributed by atoms with Crippen molar-refractivity contribution in [1.82, 2.24) is 15.1 Å². The van der Waals surface area contributed by atoms with Crippen LogP contribution in [0, 0.1) is 0 Å². The summed E-state index contributed by atoms with van der Waals surface area (Å²) in [4.78, 5) is 40.6. The van der Waals surface area contributed by atoms with Crippen molar-refractivity contribution in [1.29, 1.82) is 0 Å². The van der Waals surface area contributed by atoms with Gasteiger partial charge in [-0.15, -0.1) is 0 Å². The average Bonchev–Trinajstić information content (AvgIpc) is 3.24. The van der Waals surface area contributed by atoms with E-state index in [-0.39, 0.29) is 41.9 Å². The van der Waals surface area contributed by atoms with Gasteiger partial charge in [-0.2, -0.15) is 0 Å². The number of hydrogen-bond donors (Lipinski definition) is 1. The minimum absolute atomic E-state index is 0.0485. The highest BCUT2D eigenvalue weighted by atomic mass is 32.2. The lowest BCUT2D eigenvalue weighted by atomic mass is 9.98. The van der Waals surface area contributed by atoms with Gasteiger partial charge in [0.1, 0.15) is 12.1 Å². The lowest BCUT2D eigenvalue weighted by Gasteiger charge is -2.34. The van der Waals surface area contributed by atoms with Gasteiger partial charge in [0.25, 0.3) is 5.91 Å². The van der Waals surface area contributed by atoms with Crippen molar-refractivity contribution in [3.63, 3.8) is 0 Å². The highest BCUT2D eigenvalue weighted by Gasteiger charge is 2.53. The third-order valence-electron chi connectivity index (χ3n) is 5.95. The number of urea groups is 1. The number of carbonyl (C=O) groups excluding carboxylic acids is 3. The number of sulfone groups is 1. The molecule has 2 atom stereocenters. The second-order valence-electron chi connectivity index (χ2n) is 7.73. The fourth-order valence-electron chi connectivity index (χ4n) is 4.35. The molecule has 1 aliphatic carbocycles. The minimum Gasteiger partial charge on any atom is -0.334 e. The first-order valence-electron chi connectivity index (χ1n) is 9.35. The second kappa shape index (κ2) is 6.83. The van der Waals surface area contributed by atoms with Gasteiger partial charge in [-0.05, 0) is 32.6 Å². The number of carbonyl (C=O) groups is 3. The van der Waals surface area contributed by atoms with Gasteiger partial charge >= 0.3 is 6.03 Å². The summed E-state index contributed by atoms with van der Waals surface area (Å²) in [5.41, 5.74) is -0.838. The molecular weight excluding hydrogens is 358 g/mol. The van der Waals surface area contributed by atoms with Crippen LogP contribution in [0.1, 0.15) is 52.4 Å². The van der Waals surface area contributed by atoms with Crippen LogP contribution < -0.4 is 5.32 Å². The smallest absolute Gasteiger partial charge is 0.325 e. The Morgan fingerprint density at radius 2 is 2.00 bits per heavy atom. The Hall–Kier alpha value is -1.64. The number of nitrogens with zero attached hydrogens (tertiary/aromatic N) is 2. The normalized spacial score (nSPS) is 27.8. The second-order valence-corrected chi connectivity index (χ2v) is 9.95. The number of nitrogens with one attached hydrogen (secondary N) is 1. The van der Waals surface area contributed by atoms with Crippen molar-refractivity contribution in [2.24, 2.45) is 0 Å². The largest absolute Gasteiger partial charge is 0.334 e. The summed E-state index contributed by atoms with van der Waals surface area (Å²) < 4.78 is 23.7. The van der Waals surface area contributed by atoms with Crippen LogP contribution in [0.15, 0.2) is 0 Å². The summed E-state index contributed by atoms with van der Waals surface area (Å²) in [6.07, 6.45) is 4.06. The Kier molecular flexibility index (Phi) is 5.02. The number of imide groups is 1. The first kappa shape index (κ1) is 19.1. The SMILES string of the molecule is CC[C@@H](C)N(C(=O)CN1C(=O)NC2(CCCC2)C1=O)[C@@H]1CCS(=O)(=O)C1. The van der Waals surface area contributed by atoms with Crippen LogP contribution in [0.2, 0.25) is 0 Å². The van der Waals surface area contributed by atoms with Crippen molar-refractivity contribution in [2.75, 3.05) is 18.1 Å². The molecule has 0 bridgehead atoms. The maximum Gasteiger partial charge on any atom is 0.325 e. The van der Waals surface area contributed by atoms with Crippen LogP contribution in [0.4, 0.5) is 4.79 Å². The molecule has 0 aromatic heterocycles. The van der Waals surface area contributed by atoms with E-state index in [9.17, 15) is 22.8 Å². The van der Waals surface area contributed by atoms with Crippen LogP contribution >= 0.6 is 0 Å². The van der Waals surface area contributed by atoms with Gasteiger partial charge in [-0.3, -0.25) is 14.5 Å². The van der Waals surface area contributed by atoms with Gasteiger partial charge in [0.2, 0.25) is 5.91 Å². The van der Waals surface area contributed by atoms with E-state index in [0.717, 1.165) is 17.7 Å². The topological polar surface area (TPSA) is 104 Å². The molecule has 1 saturated carbocycles. The van der Waals surface area contributed by atoms with E-state index in [0.29, 0.717) is 25.7 Å². The first-order valence-corrected chi connectivity index (χ1v) is 11.2. The van der Waals surface area contributed by atoms with Crippen molar-refractivity contribution >= 4 is 27.7 Å². The Bertz CT molecular complexity index is 714. The van der Waals surface area contributed by atoms with E-state index in [2.05, 4.69) is 5.32 Å². The summed E-state index contributed by atoms with van der Waals surface area (Å²) >= 11 is 0. The molecule has 3 rings (SSSR count). The Morgan fingerprint density at radius 1 is 1.35 bits per heavy atom. The summed E-state index contributed by atoms with van der Waals surface area (Å²) in [5, 5.41) is 2.77. The zero-order chi connectivity index (χ0) is 19.1. The molecule has 9 heteroatoms. The molecule has 3 aliphatic rings. The molecule has 2 aliphatic heterocycles. The van der Waals surface area contributed by atoms with E-state index >= 15 is 0 Å². The molecule has 2 saturated heterocycles. The zero-order valence-electron chi connectivity index (χ0n) is 15.4. The van der Waals surface area contributed by atoms with Gasteiger partial charge in [0.15, 0.2) is 9.84 Å². The molecule has 0 radical (unpaired) electrons. The van der Waals surface area contributed by atoms with Gasteiger partial charge in [-0.1, -0.05) is 19.8 Å². The van der Waals surface area contributed by atoms with E-state index in [1.165, 1.54) is 0 Å². The fourth-order valence-corrected chi connectivity index (χ4v) is 6.07. The van der Waals surface area contributed by atoms with Crippen LogP contribution in [0.5, 0.6) is 0 Å². The number of hydrogen-bond acceptors (Lipinski definition) is 5. The molecule has 2 heterocycles. The Balaban J connectivity index is 1.76.